The minimum absolute atomic E-state index is 0.0546. The van der Waals surface area contributed by atoms with Gasteiger partial charge in [-0.1, -0.05) is 42.0 Å². The van der Waals surface area contributed by atoms with Gasteiger partial charge in [0.15, 0.2) is 5.78 Å². The Morgan fingerprint density at radius 3 is 2.57 bits per heavy atom. The molecule has 3 heteroatoms. The van der Waals surface area contributed by atoms with E-state index in [0.29, 0.717) is 11.3 Å². The molecule has 1 unspecified atom stereocenters. The largest absolute Gasteiger partial charge is 0.497 e. The second-order valence-corrected chi connectivity index (χ2v) is 4.95. The predicted molar refractivity (Wildman–Crippen MR) is 81.5 cm³/mol. The fourth-order valence-electron chi connectivity index (χ4n) is 2.14. The van der Waals surface area contributed by atoms with Crippen LogP contribution in [0.25, 0.3) is 0 Å². The first-order valence-electron chi connectivity index (χ1n) is 6.77. The van der Waals surface area contributed by atoms with Crippen molar-refractivity contribution < 1.29 is 9.53 Å². The molecule has 0 amide bonds. The van der Waals surface area contributed by atoms with Crippen LogP contribution in [0.2, 0.25) is 0 Å². The Bertz CT molecular complexity index is 668. The Hall–Kier alpha value is -2.60. The fraction of sp³-hybridized carbons (Fsp3) is 0.222. The molecule has 0 saturated carbocycles. The second kappa shape index (κ2) is 6.71. The molecule has 3 nitrogen and oxygen atoms in total. The van der Waals surface area contributed by atoms with Gasteiger partial charge in [0.25, 0.3) is 0 Å². The van der Waals surface area contributed by atoms with E-state index in [1.54, 1.807) is 31.4 Å². The predicted octanol–water partition coefficient (Wildman–Crippen LogP) is 3.88. The topological polar surface area (TPSA) is 50.1 Å². The zero-order chi connectivity index (χ0) is 15.2. The molecular formula is C18H17NO2. The lowest BCUT2D eigenvalue weighted by molar-refractivity contribution is 0.0978. The van der Waals surface area contributed by atoms with E-state index in [2.05, 4.69) is 6.07 Å². The van der Waals surface area contributed by atoms with E-state index >= 15 is 0 Å². The summed E-state index contributed by atoms with van der Waals surface area (Å²) in [6.45, 7) is 1.99. The summed E-state index contributed by atoms with van der Waals surface area (Å²) in [6, 6.07) is 16.9. The molecule has 0 aliphatic heterocycles. The van der Waals surface area contributed by atoms with Crippen LogP contribution in [0, 0.1) is 18.3 Å². The lowest BCUT2D eigenvalue weighted by atomic mass is 9.92. The van der Waals surface area contributed by atoms with Crippen LogP contribution in [0.3, 0.4) is 0 Å². The lowest BCUT2D eigenvalue weighted by Crippen LogP contribution is -2.06. The Kier molecular flexibility index (Phi) is 4.73. The molecule has 0 fully saturated rings. The van der Waals surface area contributed by atoms with Gasteiger partial charge in [0.05, 0.1) is 19.1 Å². The quantitative estimate of drug-likeness (QED) is 0.780. The first-order chi connectivity index (χ1) is 10.1. The Balaban J connectivity index is 2.16. The van der Waals surface area contributed by atoms with Gasteiger partial charge in [-0.25, -0.2) is 0 Å². The lowest BCUT2D eigenvalue weighted by Gasteiger charge is -2.10. The molecule has 0 aliphatic carbocycles. The van der Waals surface area contributed by atoms with Gasteiger partial charge in [-0.2, -0.15) is 5.26 Å². The molecule has 106 valence electrons. The summed E-state index contributed by atoms with van der Waals surface area (Å²) in [5.74, 6) is 0.162. The molecule has 0 aromatic heterocycles. The minimum atomic E-state index is -0.427. The molecular weight excluding hydrogens is 262 g/mol. The number of hydrogen-bond donors (Lipinski definition) is 0. The molecule has 0 N–H and O–H groups in total. The Morgan fingerprint density at radius 1 is 1.24 bits per heavy atom. The average Bonchev–Trinajstić information content (AvgIpc) is 2.53. The average molecular weight is 279 g/mol. The highest BCUT2D eigenvalue weighted by atomic mass is 16.5. The van der Waals surface area contributed by atoms with Gasteiger partial charge < -0.3 is 4.74 Å². The number of carbonyl (C=O) groups excluding carboxylic acids is 1. The maximum absolute atomic E-state index is 12.3. The zero-order valence-corrected chi connectivity index (χ0v) is 12.2. The summed E-state index contributed by atoms with van der Waals surface area (Å²) in [7, 11) is 1.56. The van der Waals surface area contributed by atoms with Crippen LogP contribution in [0.4, 0.5) is 0 Å². The molecule has 2 rings (SSSR count). The number of methoxy groups -OCH3 is 1. The monoisotopic (exact) mass is 279 g/mol. The summed E-state index contributed by atoms with van der Waals surface area (Å²) in [5.41, 5.74) is 2.58. The third-order valence-corrected chi connectivity index (χ3v) is 3.42. The van der Waals surface area contributed by atoms with Crippen molar-refractivity contribution in [2.45, 2.75) is 19.3 Å². The summed E-state index contributed by atoms with van der Waals surface area (Å²) in [4.78, 5) is 12.3. The van der Waals surface area contributed by atoms with Gasteiger partial charge in [-0.15, -0.1) is 0 Å². The van der Waals surface area contributed by atoms with E-state index in [1.807, 2.05) is 31.2 Å². The van der Waals surface area contributed by atoms with Gasteiger partial charge in [0.2, 0.25) is 0 Å². The number of carbonyl (C=O) groups is 1. The number of benzene rings is 2. The number of Topliss-reactive ketones (excluding diaryl/α,β-unsaturated/α-hetero) is 1. The number of ether oxygens (including phenoxy) is 1. The van der Waals surface area contributed by atoms with E-state index in [1.165, 1.54) is 0 Å². The van der Waals surface area contributed by atoms with Crippen LogP contribution >= 0.6 is 0 Å². The third-order valence-electron chi connectivity index (χ3n) is 3.42. The first kappa shape index (κ1) is 14.8. The van der Waals surface area contributed by atoms with Gasteiger partial charge >= 0.3 is 0 Å². The second-order valence-electron chi connectivity index (χ2n) is 4.95. The van der Waals surface area contributed by atoms with E-state index in [4.69, 9.17) is 4.74 Å². The zero-order valence-electron chi connectivity index (χ0n) is 12.2. The van der Waals surface area contributed by atoms with Crippen molar-refractivity contribution in [3.8, 4) is 11.8 Å². The molecule has 2 aromatic carbocycles. The van der Waals surface area contributed by atoms with Gasteiger partial charge in [-0.3, -0.25) is 4.79 Å². The molecule has 2 aromatic rings. The number of nitriles is 1. The highest BCUT2D eigenvalue weighted by Gasteiger charge is 2.17. The van der Waals surface area contributed by atoms with Crippen LogP contribution in [0.15, 0.2) is 48.5 Å². The molecule has 21 heavy (non-hydrogen) atoms. The Labute approximate surface area is 124 Å². The number of nitrogens with zero attached hydrogens (tertiary/aromatic N) is 1. The maximum atomic E-state index is 12.3. The summed E-state index contributed by atoms with van der Waals surface area (Å²) in [6.07, 6.45) is 0.173. The van der Waals surface area contributed by atoms with Gasteiger partial charge in [-0.05, 0) is 24.6 Å². The van der Waals surface area contributed by atoms with Crippen LogP contribution in [0.1, 0.15) is 33.8 Å². The van der Waals surface area contributed by atoms with Crippen LogP contribution in [0.5, 0.6) is 5.75 Å². The number of hydrogen-bond acceptors (Lipinski definition) is 3. The first-order valence-corrected chi connectivity index (χ1v) is 6.77. The van der Waals surface area contributed by atoms with Crippen LogP contribution < -0.4 is 4.74 Å². The van der Waals surface area contributed by atoms with Crippen molar-refractivity contribution in [1.29, 1.82) is 5.26 Å². The van der Waals surface area contributed by atoms with Crippen molar-refractivity contribution in [2.75, 3.05) is 7.11 Å². The fourth-order valence-corrected chi connectivity index (χ4v) is 2.14. The van der Waals surface area contributed by atoms with E-state index in [9.17, 15) is 10.1 Å². The molecule has 0 radical (unpaired) electrons. The summed E-state index contributed by atoms with van der Waals surface area (Å²) < 4.78 is 5.12. The standard InChI is InChI=1S/C18H17NO2/c1-13-6-8-14(9-7-13)16(12-19)11-18(20)15-4-3-5-17(10-15)21-2/h3-10,16H,11H2,1-2H3. The molecule has 1 atom stereocenters. The number of aryl methyl sites for hydroxylation is 1. The van der Waals surface area contributed by atoms with Crippen molar-refractivity contribution in [3.63, 3.8) is 0 Å². The molecule has 0 bridgehead atoms. The highest BCUT2D eigenvalue weighted by molar-refractivity contribution is 5.97. The molecule has 0 saturated heterocycles. The van der Waals surface area contributed by atoms with Gasteiger partial charge in [0, 0.05) is 12.0 Å². The van der Waals surface area contributed by atoms with E-state index in [0.717, 1.165) is 11.1 Å². The van der Waals surface area contributed by atoms with Crippen molar-refractivity contribution in [1.82, 2.24) is 0 Å². The minimum Gasteiger partial charge on any atom is -0.497 e. The van der Waals surface area contributed by atoms with E-state index in [-0.39, 0.29) is 12.2 Å². The Morgan fingerprint density at radius 2 is 1.95 bits per heavy atom. The van der Waals surface area contributed by atoms with Gasteiger partial charge in [0.1, 0.15) is 5.75 Å². The number of rotatable bonds is 5. The van der Waals surface area contributed by atoms with Crippen molar-refractivity contribution in [2.24, 2.45) is 0 Å². The summed E-state index contributed by atoms with van der Waals surface area (Å²) in [5, 5.41) is 9.32. The third kappa shape index (κ3) is 3.70. The molecule has 0 spiro atoms. The smallest absolute Gasteiger partial charge is 0.164 e. The molecule has 0 aliphatic rings. The number of ketones is 1. The van der Waals surface area contributed by atoms with Crippen LogP contribution in [-0.2, 0) is 0 Å². The molecule has 0 heterocycles. The van der Waals surface area contributed by atoms with Crippen molar-refractivity contribution in [3.05, 3.63) is 65.2 Å². The van der Waals surface area contributed by atoms with E-state index < -0.39 is 5.92 Å². The SMILES string of the molecule is COc1cccc(C(=O)CC(C#N)c2ccc(C)cc2)c1. The maximum Gasteiger partial charge on any atom is 0.164 e. The highest BCUT2D eigenvalue weighted by Crippen LogP contribution is 2.23. The summed E-state index contributed by atoms with van der Waals surface area (Å²) >= 11 is 0. The normalized spacial score (nSPS) is 11.5. The van der Waals surface area contributed by atoms with Crippen molar-refractivity contribution >= 4 is 5.78 Å². The van der Waals surface area contributed by atoms with Crippen LogP contribution in [-0.4, -0.2) is 12.9 Å².